The van der Waals surface area contributed by atoms with Crippen LogP contribution >= 0.6 is 0 Å². The van der Waals surface area contributed by atoms with Gasteiger partial charge in [-0.05, 0) is 25.5 Å². The van der Waals surface area contributed by atoms with Crippen molar-refractivity contribution in [2.75, 3.05) is 23.4 Å². The summed E-state index contributed by atoms with van der Waals surface area (Å²) < 4.78 is 0. The number of nitrogen functional groups attached to an aromatic ring is 1. The Morgan fingerprint density at radius 1 is 1.47 bits per heavy atom. The third kappa shape index (κ3) is 2.85. The quantitative estimate of drug-likeness (QED) is 0.450. The van der Waals surface area contributed by atoms with Crippen LogP contribution in [0.25, 0.3) is 0 Å². The van der Waals surface area contributed by atoms with Crippen LogP contribution in [0.1, 0.15) is 20.3 Å². The second-order valence-electron chi connectivity index (χ2n) is 3.65. The number of nitro benzene ring substituents is 1. The number of para-hydroxylation sites is 1. The summed E-state index contributed by atoms with van der Waals surface area (Å²) in [7, 11) is 0. The van der Waals surface area contributed by atoms with Gasteiger partial charge in [-0.1, -0.05) is 13.0 Å². The first-order valence-electron chi connectivity index (χ1n) is 5.64. The third-order valence-corrected chi connectivity index (χ3v) is 2.57. The SMILES string of the molecule is CCCN(CC)c1cccc(NN)c1[N+](=O)[O-]. The third-order valence-electron chi connectivity index (χ3n) is 2.57. The highest BCUT2D eigenvalue weighted by molar-refractivity contribution is 5.76. The van der Waals surface area contributed by atoms with Gasteiger partial charge in [0.05, 0.1) is 4.92 Å². The minimum absolute atomic E-state index is 0.0327. The molecule has 0 heterocycles. The van der Waals surface area contributed by atoms with Gasteiger partial charge < -0.3 is 10.3 Å². The van der Waals surface area contributed by atoms with Crippen LogP contribution in [0.5, 0.6) is 0 Å². The molecule has 0 aliphatic carbocycles. The summed E-state index contributed by atoms with van der Waals surface area (Å²) in [6.45, 7) is 5.52. The van der Waals surface area contributed by atoms with Gasteiger partial charge in [0.2, 0.25) is 0 Å². The predicted molar refractivity (Wildman–Crippen MR) is 69.1 cm³/mol. The summed E-state index contributed by atoms with van der Waals surface area (Å²) in [6, 6.07) is 5.11. The van der Waals surface area contributed by atoms with E-state index in [-0.39, 0.29) is 5.69 Å². The number of hydrogen-bond acceptors (Lipinski definition) is 5. The second kappa shape index (κ2) is 6.05. The molecule has 0 atom stereocenters. The van der Waals surface area contributed by atoms with Crippen LogP contribution in [-0.2, 0) is 0 Å². The monoisotopic (exact) mass is 238 g/mol. The average molecular weight is 238 g/mol. The van der Waals surface area contributed by atoms with Crippen molar-refractivity contribution in [2.45, 2.75) is 20.3 Å². The minimum Gasteiger partial charge on any atom is -0.366 e. The molecule has 0 amide bonds. The largest absolute Gasteiger partial charge is 0.366 e. The molecule has 0 saturated heterocycles. The molecule has 0 aliphatic rings. The molecule has 94 valence electrons. The number of hydrazine groups is 1. The lowest BCUT2D eigenvalue weighted by Crippen LogP contribution is -2.24. The first-order chi connectivity index (χ1) is 8.15. The van der Waals surface area contributed by atoms with E-state index in [9.17, 15) is 10.1 Å². The van der Waals surface area contributed by atoms with Gasteiger partial charge in [0.25, 0.3) is 0 Å². The van der Waals surface area contributed by atoms with Crippen molar-refractivity contribution in [1.82, 2.24) is 0 Å². The Labute approximate surface area is 101 Å². The first kappa shape index (κ1) is 13.2. The van der Waals surface area contributed by atoms with Crippen molar-refractivity contribution in [3.63, 3.8) is 0 Å². The molecule has 0 fully saturated rings. The standard InChI is InChI=1S/C11H18N4O2/c1-3-8-14(4-2)10-7-5-6-9(13-12)11(10)15(16)17/h5-7,13H,3-4,8,12H2,1-2H3. The Kier molecular flexibility index (Phi) is 4.71. The normalized spacial score (nSPS) is 10.1. The van der Waals surface area contributed by atoms with E-state index in [0.29, 0.717) is 11.4 Å². The highest BCUT2D eigenvalue weighted by Crippen LogP contribution is 2.34. The van der Waals surface area contributed by atoms with Crippen LogP contribution in [0.4, 0.5) is 17.1 Å². The van der Waals surface area contributed by atoms with Crippen molar-refractivity contribution in [3.8, 4) is 0 Å². The molecular weight excluding hydrogens is 220 g/mol. The zero-order chi connectivity index (χ0) is 12.8. The van der Waals surface area contributed by atoms with E-state index in [1.807, 2.05) is 18.7 Å². The fraction of sp³-hybridized carbons (Fsp3) is 0.455. The summed E-state index contributed by atoms with van der Waals surface area (Å²) in [4.78, 5) is 12.7. The molecular formula is C11H18N4O2. The number of hydrogen-bond donors (Lipinski definition) is 2. The molecule has 6 nitrogen and oxygen atoms in total. The van der Waals surface area contributed by atoms with Crippen LogP contribution in [-0.4, -0.2) is 18.0 Å². The highest BCUT2D eigenvalue weighted by Gasteiger charge is 2.22. The van der Waals surface area contributed by atoms with Crippen molar-refractivity contribution >= 4 is 17.1 Å². The van der Waals surface area contributed by atoms with Crippen LogP contribution in [0.3, 0.4) is 0 Å². The van der Waals surface area contributed by atoms with Gasteiger partial charge in [0.1, 0.15) is 11.4 Å². The molecule has 0 radical (unpaired) electrons. The average Bonchev–Trinajstić information content (AvgIpc) is 2.34. The molecule has 1 rings (SSSR count). The van der Waals surface area contributed by atoms with E-state index in [1.54, 1.807) is 18.2 Å². The molecule has 0 spiro atoms. The van der Waals surface area contributed by atoms with E-state index < -0.39 is 4.92 Å². The lowest BCUT2D eigenvalue weighted by molar-refractivity contribution is -0.383. The van der Waals surface area contributed by atoms with Crippen molar-refractivity contribution in [2.24, 2.45) is 5.84 Å². The van der Waals surface area contributed by atoms with E-state index >= 15 is 0 Å². The Morgan fingerprint density at radius 3 is 2.65 bits per heavy atom. The molecule has 3 N–H and O–H groups in total. The van der Waals surface area contributed by atoms with Crippen molar-refractivity contribution in [1.29, 1.82) is 0 Å². The molecule has 0 saturated carbocycles. The zero-order valence-corrected chi connectivity index (χ0v) is 10.1. The van der Waals surface area contributed by atoms with Gasteiger partial charge >= 0.3 is 5.69 Å². The van der Waals surface area contributed by atoms with Gasteiger partial charge in [-0.25, -0.2) is 0 Å². The zero-order valence-electron chi connectivity index (χ0n) is 10.1. The van der Waals surface area contributed by atoms with Gasteiger partial charge in [0.15, 0.2) is 0 Å². The number of nitrogens with one attached hydrogen (secondary N) is 1. The molecule has 1 aromatic rings. The minimum atomic E-state index is -0.400. The first-order valence-corrected chi connectivity index (χ1v) is 5.64. The van der Waals surface area contributed by atoms with Crippen molar-refractivity contribution < 1.29 is 4.92 Å². The van der Waals surface area contributed by atoms with Crippen LogP contribution in [0.15, 0.2) is 18.2 Å². The Morgan fingerprint density at radius 2 is 2.18 bits per heavy atom. The van der Waals surface area contributed by atoms with Crippen LogP contribution in [0.2, 0.25) is 0 Å². The maximum Gasteiger partial charge on any atom is 0.316 e. The number of nitro groups is 1. The molecule has 0 unspecified atom stereocenters. The predicted octanol–water partition coefficient (Wildman–Crippen LogP) is 2.12. The topological polar surface area (TPSA) is 84.4 Å². The van der Waals surface area contributed by atoms with E-state index in [4.69, 9.17) is 5.84 Å². The summed E-state index contributed by atoms with van der Waals surface area (Å²) in [5.41, 5.74) is 3.34. The lowest BCUT2D eigenvalue weighted by Gasteiger charge is -2.22. The molecule has 17 heavy (non-hydrogen) atoms. The summed E-state index contributed by atoms with van der Waals surface area (Å²) in [5, 5.41) is 11.1. The molecule has 0 aliphatic heterocycles. The van der Waals surface area contributed by atoms with Gasteiger partial charge in [0, 0.05) is 13.1 Å². The van der Waals surface area contributed by atoms with Gasteiger partial charge in [-0.15, -0.1) is 0 Å². The summed E-state index contributed by atoms with van der Waals surface area (Å²) in [6.07, 6.45) is 0.936. The Balaban J connectivity index is 3.25. The smallest absolute Gasteiger partial charge is 0.316 e. The van der Waals surface area contributed by atoms with E-state index in [0.717, 1.165) is 19.5 Å². The maximum atomic E-state index is 11.1. The Bertz CT molecular complexity index is 395. The van der Waals surface area contributed by atoms with Crippen LogP contribution in [0, 0.1) is 10.1 Å². The molecule has 0 bridgehead atoms. The van der Waals surface area contributed by atoms with E-state index in [1.165, 1.54) is 0 Å². The fourth-order valence-electron chi connectivity index (χ4n) is 1.81. The molecule has 1 aromatic carbocycles. The number of nitrogens with zero attached hydrogens (tertiary/aromatic N) is 2. The molecule has 0 aromatic heterocycles. The molecule has 6 heteroatoms. The van der Waals surface area contributed by atoms with Gasteiger partial charge in [-0.3, -0.25) is 16.0 Å². The number of anilines is 2. The second-order valence-corrected chi connectivity index (χ2v) is 3.65. The number of rotatable bonds is 6. The Hall–Kier alpha value is -1.82. The maximum absolute atomic E-state index is 11.1. The number of benzene rings is 1. The fourth-order valence-corrected chi connectivity index (χ4v) is 1.81. The van der Waals surface area contributed by atoms with Crippen molar-refractivity contribution in [3.05, 3.63) is 28.3 Å². The number of nitrogens with two attached hydrogens (primary N) is 1. The lowest BCUT2D eigenvalue weighted by atomic mass is 10.2. The van der Waals surface area contributed by atoms with E-state index in [2.05, 4.69) is 5.43 Å². The van der Waals surface area contributed by atoms with Crippen LogP contribution < -0.4 is 16.2 Å². The van der Waals surface area contributed by atoms with Gasteiger partial charge in [-0.2, -0.15) is 0 Å². The summed E-state index contributed by atoms with van der Waals surface area (Å²) in [5.74, 6) is 5.30. The summed E-state index contributed by atoms with van der Waals surface area (Å²) >= 11 is 0. The highest BCUT2D eigenvalue weighted by atomic mass is 16.6.